The summed E-state index contributed by atoms with van der Waals surface area (Å²) in [7, 11) is 1.82. The summed E-state index contributed by atoms with van der Waals surface area (Å²) in [5.74, 6) is 2.34. The number of nitrogens with one attached hydrogen (secondary N) is 1. The molecule has 0 aliphatic rings. The number of thioether (sulfide) groups is 1. The van der Waals surface area contributed by atoms with Gasteiger partial charge in [-0.3, -0.25) is 4.98 Å². The number of anilines is 1. The van der Waals surface area contributed by atoms with Gasteiger partial charge in [0.25, 0.3) is 5.22 Å². The van der Waals surface area contributed by atoms with E-state index < -0.39 is 0 Å². The van der Waals surface area contributed by atoms with Gasteiger partial charge >= 0.3 is 0 Å². The number of aryl methyl sites for hydroxylation is 2. The fourth-order valence-electron chi connectivity index (χ4n) is 1.20. The number of hydrogen-bond donors (Lipinski definition) is 1. The molecule has 1 N–H and O–H groups in total. The third-order valence-electron chi connectivity index (χ3n) is 2.31. The van der Waals surface area contributed by atoms with Gasteiger partial charge in [0, 0.05) is 12.8 Å². The second-order valence-electron chi connectivity index (χ2n) is 3.55. The van der Waals surface area contributed by atoms with Gasteiger partial charge in [0.15, 0.2) is 0 Å². The van der Waals surface area contributed by atoms with Crippen LogP contribution in [0.2, 0.25) is 0 Å². The summed E-state index contributed by atoms with van der Waals surface area (Å²) in [5, 5.41) is 3.61. The molecule has 0 spiro atoms. The van der Waals surface area contributed by atoms with Crippen LogP contribution in [0.5, 0.6) is 0 Å². The Morgan fingerprint density at radius 3 is 2.65 bits per heavy atom. The topological polar surface area (TPSA) is 63.8 Å². The monoisotopic (exact) mass is 250 g/mol. The standard InChI is InChI=1S/C11H14N4OS/c1-7-8(2)16-11(15-7)17-6-9-4-14-10(12-3)5-13-9/h4-5H,6H2,1-3H3,(H,12,14). The van der Waals surface area contributed by atoms with Gasteiger partial charge in [-0.15, -0.1) is 0 Å². The lowest BCUT2D eigenvalue weighted by Gasteiger charge is -2.00. The largest absolute Gasteiger partial charge is 0.437 e. The lowest BCUT2D eigenvalue weighted by atomic mass is 10.4. The first-order valence-electron chi connectivity index (χ1n) is 5.24. The zero-order valence-corrected chi connectivity index (χ0v) is 10.8. The van der Waals surface area contributed by atoms with E-state index in [4.69, 9.17) is 4.42 Å². The van der Waals surface area contributed by atoms with Crippen LogP contribution in [0.3, 0.4) is 0 Å². The Bertz CT molecular complexity index is 475. The van der Waals surface area contributed by atoms with Crippen molar-refractivity contribution in [2.75, 3.05) is 12.4 Å². The van der Waals surface area contributed by atoms with Crippen molar-refractivity contribution < 1.29 is 4.42 Å². The van der Waals surface area contributed by atoms with Gasteiger partial charge in [-0.1, -0.05) is 11.8 Å². The number of rotatable bonds is 4. The second-order valence-corrected chi connectivity index (χ2v) is 4.48. The van der Waals surface area contributed by atoms with Gasteiger partial charge in [-0.05, 0) is 13.8 Å². The highest BCUT2D eigenvalue weighted by atomic mass is 32.2. The van der Waals surface area contributed by atoms with Gasteiger partial charge in [-0.2, -0.15) is 0 Å². The maximum Gasteiger partial charge on any atom is 0.256 e. The summed E-state index contributed by atoms with van der Waals surface area (Å²) in [4.78, 5) is 12.8. The van der Waals surface area contributed by atoms with Crippen LogP contribution in [0, 0.1) is 13.8 Å². The van der Waals surface area contributed by atoms with Crippen LogP contribution in [0.4, 0.5) is 5.82 Å². The van der Waals surface area contributed by atoms with Crippen LogP contribution >= 0.6 is 11.8 Å². The smallest absolute Gasteiger partial charge is 0.256 e. The molecule has 0 aromatic carbocycles. The molecule has 2 heterocycles. The third kappa shape index (κ3) is 2.97. The predicted octanol–water partition coefficient (Wildman–Crippen LogP) is 2.42. The van der Waals surface area contributed by atoms with E-state index in [2.05, 4.69) is 20.3 Å². The summed E-state index contributed by atoms with van der Waals surface area (Å²) in [6.07, 6.45) is 3.46. The Morgan fingerprint density at radius 1 is 1.29 bits per heavy atom. The molecule has 0 saturated carbocycles. The highest BCUT2D eigenvalue weighted by Gasteiger charge is 2.06. The predicted molar refractivity (Wildman–Crippen MR) is 67.1 cm³/mol. The van der Waals surface area contributed by atoms with Crippen LogP contribution < -0.4 is 5.32 Å². The molecule has 17 heavy (non-hydrogen) atoms. The van der Waals surface area contributed by atoms with E-state index in [-0.39, 0.29) is 0 Å². The molecular weight excluding hydrogens is 236 g/mol. The first-order chi connectivity index (χ1) is 8.19. The molecular formula is C11H14N4OS. The molecule has 0 amide bonds. The minimum atomic E-state index is 0.680. The maximum absolute atomic E-state index is 5.47. The van der Waals surface area contributed by atoms with Crippen molar-refractivity contribution in [1.82, 2.24) is 15.0 Å². The minimum Gasteiger partial charge on any atom is -0.437 e. The third-order valence-corrected chi connectivity index (χ3v) is 3.18. The SMILES string of the molecule is CNc1cnc(CSc2nc(C)c(C)o2)cn1. The van der Waals surface area contributed by atoms with Crippen LogP contribution in [0.15, 0.2) is 22.0 Å². The van der Waals surface area contributed by atoms with Crippen molar-refractivity contribution in [3.8, 4) is 0 Å². The summed E-state index contributed by atoms with van der Waals surface area (Å²) in [6, 6.07) is 0. The van der Waals surface area contributed by atoms with Crippen molar-refractivity contribution in [3.05, 3.63) is 29.5 Å². The van der Waals surface area contributed by atoms with E-state index in [0.29, 0.717) is 11.0 Å². The Balaban J connectivity index is 1.97. The molecule has 0 bridgehead atoms. The van der Waals surface area contributed by atoms with E-state index in [0.717, 1.165) is 23.0 Å². The molecule has 2 aromatic heterocycles. The summed E-state index contributed by atoms with van der Waals surface area (Å²) in [5.41, 5.74) is 1.84. The van der Waals surface area contributed by atoms with Crippen LogP contribution in [-0.4, -0.2) is 22.0 Å². The van der Waals surface area contributed by atoms with E-state index in [1.165, 1.54) is 11.8 Å². The molecule has 0 fully saturated rings. The first-order valence-corrected chi connectivity index (χ1v) is 6.23. The number of nitrogens with zero attached hydrogens (tertiary/aromatic N) is 3. The Hall–Kier alpha value is -1.56. The van der Waals surface area contributed by atoms with Crippen LogP contribution in [0.25, 0.3) is 0 Å². The van der Waals surface area contributed by atoms with Crippen molar-refractivity contribution in [2.24, 2.45) is 0 Å². The Labute approximate surface area is 104 Å². The Morgan fingerprint density at radius 2 is 2.12 bits per heavy atom. The number of aromatic nitrogens is 3. The highest BCUT2D eigenvalue weighted by molar-refractivity contribution is 7.98. The highest BCUT2D eigenvalue weighted by Crippen LogP contribution is 2.23. The molecule has 0 unspecified atom stereocenters. The fraction of sp³-hybridized carbons (Fsp3) is 0.364. The van der Waals surface area contributed by atoms with E-state index in [9.17, 15) is 0 Å². The average molecular weight is 250 g/mol. The van der Waals surface area contributed by atoms with Gasteiger partial charge in [0.1, 0.15) is 11.6 Å². The van der Waals surface area contributed by atoms with Gasteiger partial charge in [-0.25, -0.2) is 9.97 Å². The first kappa shape index (κ1) is 11.9. The molecule has 0 aliphatic heterocycles. The average Bonchev–Trinajstić information content (AvgIpc) is 2.67. The number of oxazole rings is 1. The lowest BCUT2D eigenvalue weighted by Crippen LogP contribution is -1.95. The lowest BCUT2D eigenvalue weighted by molar-refractivity contribution is 0.431. The molecule has 5 nitrogen and oxygen atoms in total. The quantitative estimate of drug-likeness (QED) is 0.841. The minimum absolute atomic E-state index is 0.680. The van der Waals surface area contributed by atoms with Crippen molar-refractivity contribution >= 4 is 17.6 Å². The summed E-state index contributed by atoms with van der Waals surface area (Å²) in [6.45, 7) is 3.85. The van der Waals surface area contributed by atoms with Gasteiger partial charge in [0.05, 0.1) is 23.8 Å². The maximum atomic E-state index is 5.47. The van der Waals surface area contributed by atoms with E-state index in [1.807, 2.05) is 20.9 Å². The molecule has 0 atom stereocenters. The van der Waals surface area contributed by atoms with Crippen molar-refractivity contribution in [3.63, 3.8) is 0 Å². The summed E-state index contributed by atoms with van der Waals surface area (Å²) < 4.78 is 5.47. The van der Waals surface area contributed by atoms with Crippen molar-refractivity contribution in [2.45, 2.75) is 24.8 Å². The second kappa shape index (κ2) is 5.18. The molecule has 0 saturated heterocycles. The zero-order valence-electron chi connectivity index (χ0n) is 10.0. The number of hydrogen-bond acceptors (Lipinski definition) is 6. The van der Waals surface area contributed by atoms with E-state index in [1.54, 1.807) is 12.4 Å². The van der Waals surface area contributed by atoms with Crippen molar-refractivity contribution in [1.29, 1.82) is 0 Å². The molecule has 0 aliphatic carbocycles. The summed E-state index contributed by atoms with van der Waals surface area (Å²) >= 11 is 1.52. The Kier molecular flexibility index (Phi) is 3.63. The fourth-order valence-corrected chi connectivity index (χ4v) is 2.00. The van der Waals surface area contributed by atoms with Crippen LogP contribution in [0.1, 0.15) is 17.1 Å². The van der Waals surface area contributed by atoms with Crippen LogP contribution in [-0.2, 0) is 5.75 Å². The molecule has 6 heteroatoms. The molecule has 2 rings (SSSR count). The zero-order chi connectivity index (χ0) is 12.3. The van der Waals surface area contributed by atoms with Gasteiger partial charge < -0.3 is 9.73 Å². The van der Waals surface area contributed by atoms with Gasteiger partial charge in [0.2, 0.25) is 0 Å². The molecule has 0 radical (unpaired) electrons. The molecule has 2 aromatic rings. The normalized spacial score (nSPS) is 10.5. The van der Waals surface area contributed by atoms with E-state index >= 15 is 0 Å². The molecule has 90 valence electrons.